The SMILES string of the molecule is O=[N+]([O-])c1cccc(Br)c1Oc1ncc(Cl)cc1F. The van der Waals surface area contributed by atoms with Crippen molar-refractivity contribution >= 4 is 33.2 Å². The molecule has 0 aliphatic rings. The Hall–Kier alpha value is -1.73. The Kier molecular flexibility index (Phi) is 3.96. The van der Waals surface area contributed by atoms with Crippen molar-refractivity contribution in [3.63, 3.8) is 0 Å². The molecule has 1 heterocycles. The molecule has 0 radical (unpaired) electrons. The van der Waals surface area contributed by atoms with Gasteiger partial charge in [0.25, 0.3) is 5.88 Å². The van der Waals surface area contributed by atoms with E-state index in [1.807, 2.05) is 0 Å². The molecule has 0 spiro atoms. The number of nitrogens with zero attached hydrogens (tertiary/aromatic N) is 2. The first-order valence-electron chi connectivity index (χ1n) is 4.91. The van der Waals surface area contributed by atoms with Gasteiger partial charge in [-0.3, -0.25) is 10.1 Å². The third-order valence-corrected chi connectivity index (χ3v) is 2.95. The highest BCUT2D eigenvalue weighted by atomic mass is 79.9. The van der Waals surface area contributed by atoms with Crippen LogP contribution in [0.15, 0.2) is 34.9 Å². The Labute approximate surface area is 120 Å². The van der Waals surface area contributed by atoms with Crippen LogP contribution in [0, 0.1) is 15.9 Å². The van der Waals surface area contributed by atoms with Crippen LogP contribution in [0.3, 0.4) is 0 Å². The number of hydrogen-bond acceptors (Lipinski definition) is 4. The van der Waals surface area contributed by atoms with Crippen LogP contribution in [-0.2, 0) is 0 Å². The first-order valence-corrected chi connectivity index (χ1v) is 6.08. The molecule has 0 fully saturated rings. The van der Waals surface area contributed by atoms with E-state index in [1.54, 1.807) is 0 Å². The number of para-hydroxylation sites is 1. The molecule has 0 saturated carbocycles. The zero-order valence-corrected chi connectivity index (χ0v) is 11.5. The number of halogens is 3. The third kappa shape index (κ3) is 2.99. The smallest absolute Gasteiger partial charge is 0.312 e. The summed E-state index contributed by atoms with van der Waals surface area (Å²) in [6, 6.07) is 5.26. The minimum Gasteiger partial charge on any atom is -0.428 e. The van der Waals surface area contributed by atoms with E-state index in [0.29, 0.717) is 4.47 Å². The number of pyridine rings is 1. The molecule has 1 aromatic heterocycles. The van der Waals surface area contributed by atoms with Crippen molar-refractivity contribution in [2.24, 2.45) is 0 Å². The van der Waals surface area contributed by atoms with Crippen LogP contribution in [0.25, 0.3) is 0 Å². The van der Waals surface area contributed by atoms with Gasteiger partial charge in [0.1, 0.15) is 0 Å². The van der Waals surface area contributed by atoms with Crippen molar-refractivity contribution in [3.05, 3.63) is 55.9 Å². The summed E-state index contributed by atoms with van der Waals surface area (Å²) < 4.78 is 19.0. The lowest BCUT2D eigenvalue weighted by Gasteiger charge is -2.07. The van der Waals surface area contributed by atoms with E-state index < -0.39 is 10.7 Å². The van der Waals surface area contributed by atoms with E-state index in [2.05, 4.69) is 20.9 Å². The number of nitro benzene ring substituents is 1. The molecule has 0 atom stereocenters. The second-order valence-electron chi connectivity index (χ2n) is 3.39. The van der Waals surface area contributed by atoms with Crippen LogP contribution < -0.4 is 4.74 Å². The van der Waals surface area contributed by atoms with Gasteiger partial charge in [-0.2, -0.15) is 0 Å². The summed E-state index contributed by atoms with van der Waals surface area (Å²) in [5.41, 5.74) is -0.300. The molecule has 0 amide bonds. The summed E-state index contributed by atoms with van der Waals surface area (Å²) in [5.74, 6) is -1.32. The van der Waals surface area contributed by atoms with Crippen LogP contribution in [-0.4, -0.2) is 9.91 Å². The van der Waals surface area contributed by atoms with Crippen LogP contribution in [0.4, 0.5) is 10.1 Å². The maximum absolute atomic E-state index is 13.5. The summed E-state index contributed by atoms with van der Waals surface area (Å²) in [7, 11) is 0. The Morgan fingerprint density at radius 1 is 1.47 bits per heavy atom. The van der Waals surface area contributed by atoms with Crippen molar-refractivity contribution in [1.82, 2.24) is 4.98 Å². The number of ether oxygens (including phenoxy) is 1. The van der Waals surface area contributed by atoms with Gasteiger partial charge in [-0.15, -0.1) is 0 Å². The molecule has 8 heteroatoms. The third-order valence-electron chi connectivity index (χ3n) is 2.12. The number of hydrogen-bond donors (Lipinski definition) is 0. The predicted octanol–water partition coefficient (Wildman–Crippen LogP) is 4.34. The molecule has 19 heavy (non-hydrogen) atoms. The van der Waals surface area contributed by atoms with Gasteiger partial charge in [0.2, 0.25) is 5.75 Å². The van der Waals surface area contributed by atoms with Crippen molar-refractivity contribution < 1.29 is 14.1 Å². The van der Waals surface area contributed by atoms with Crippen LogP contribution in [0.1, 0.15) is 0 Å². The summed E-state index contributed by atoms with van der Waals surface area (Å²) in [5, 5.41) is 11.0. The van der Waals surface area contributed by atoms with Crippen molar-refractivity contribution in [2.45, 2.75) is 0 Å². The summed E-state index contributed by atoms with van der Waals surface area (Å²) in [4.78, 5) is 13.9. The van der Waals surface area contributed by atoms with Gasteiger partial charge in [0.15, 0.2) is 5.82 Å². The van der Waals surface area contributed by atoms with E-state index in [-0.39, 0.29) is 22.3 Å². The predicted molar refractivity (Wildman–Crippen MR) is 70.1 cm³/mol. The van der Waals surface area contributed by atoms with E-state index in [0.717, 1.165) is 6.07 Å². The number of aromatic nitrogens is 1. The van der Waals surface area contributed by atoms with Crippen LogP contribution in [0.5, 0.6) is 11.6 Å². The molecule has 2 aromatic rings. The largest absolute Gasteiger partial charge is 0.428 e. The molecular formula is C11H5BrClFN2O3. The average molecular weight is 348 g/mol. The van der Waals surface area contributed by atoms with Gasteiger partial charge >= 0.3 is 5.69 Å². The topological polar surface area (TPSA) is 65.3 Å². The highest BCUT2D eigenvalue weighted by Crippen LogP contribution is 2.38. The van der Waals surface area contributed by atoms with E-state index in [9.17, 15) is 14.5 Å². The highest BCUT2D eigenvalue weighted by Gasteiger charge is 2.20. The van der Waals surface area contributed by atoms with E-state index >= 15 is 0 Å². The maximum Gasteiger partial charge on any atom is 0.312 e. The lowest BCUT2D eigenvalue weighted by Crippen LogP contribution is -1.97. The summed E-state index contributed by atoms with van der Waals surface area (Å²) in [6.45, 7) is 0. The van der Waals surface area contributed by atoms with Crippen molar-refractivity contribution in [1.29, 1.82) is 0 Å². The van der Waals surface area contributed by atoms with Gasteiger partial charge in [-0.05, 0) is 28.1 Å². The second kappa shape index (κ2) is 5.50. The zero-order valence-electron chi connectivity index (χ0n) is 9.14. The van der Waals surface area contributed by atoms with Crippen molar-refractivity contribution in [3.8, 4) is 11.6 Å². The van der Waals surface area contributed by atoms with Crippen LogP contribution >= 0.6 is 27.5 Å². The Morgan fingerprint density at radius 3 is 2.84 bits per heavy atom. The van der Waals surface area contributed by atoms with E-state index in [1.165, 1.54) is 24.4 Å². The molecule has 1 aromatic carbocycles. The Balaban J connectivity index is 2.46. The Bertz CT molecular complexity index is 654. The van der Waals surface area contributed by atoms with Gasteiger partial charge in [-0.1, -0.05) is 17.7 Å². The molecule has 5 nitrogen and oxygen atoms in total. The quantitative estimate of drug-likeness (QED) is 0.612. The first kappa shape index (κ1) is 13.7. The lowest BCUT2D eigenvalue weighted by atomic mass is 10.3. The number of nitro groups is 1. The van der Waals surface area contributed by atoms with Crippen LogP contribution in [0.2, 0.25) is 5.02 Å². The fourth-order valence-corrected chi connectivity index (χ4v) is 1.90. The zero-order chi connectivity index (χ0) is 14.0. The fourth-order valence-electron chi connectivity index (χ4n) is 1.32. The molecule has 2 rings (SSSR count). The number of rotatable bonds is 3. The summed E-state index contributed by atoms with van der Waals surface area (Å²) in [6.07, 6.45) is 1.18. The normalized spacial score (nSPS) is 10.3. The Morgan fingerprint density at radius 2 is 2.21 bits per heavy atom. The van der Waals surface area contributed by atoms with Gasteiger partial charge in [0.05, 0.1) is 14.4 Å². The maximum atomic E-state index is 13.5. The van der Waals surface area contributed by atoms with Crippen molar-refractivity contribution in [2.75, 3.05) is 0 Å². The monoisotopic (exact) mass is 346 g/mol. The second-order valence-corrected chi connectivity index (χ2v) is 4.68. The average Bonchev–Trinajstić information content (AvgIpc) is 2.34. The van der Waals surface area contributed by atoms with Gasteiger partial charge < -0.3 is 4.74 Å². The van der Waals surface area contributed by atoms with Gasteiger partial charge in [-0.25, -0.2) is 9.37 Å². The summed E-state index contributed by atoms with van der Waals surface area (Å²) >= 11 is 8.66. The fraction of sp³-hybridized carbons (Fsp3) is 0. The number of benzene rings is 1. The molecule has 0 bridgehead atoms. The minimum absolute atomic E-state index is 0.103. The first-order chi connectivity index (χ1) is 8.99. The van der Waals surface area contributed by atoms with Gasteiger partial charge in [0, 0.05) is 12.3 Å². The molecule has 0 aliphatic carbocycles. The van der Waals surface area contributed by atoms with E-state index in [4.69, 9.17) is 16.3 Å². The molecule has 0 aliphatic heterocycles. The standard InChI is InChI=1S/C11H5BrClFN2O3/c12-7-2-1-3-9(16(17)18)10(7)19-11-8(14)4-6(13)5-15-11/h1-5H. The molecule has 0 unspecified atom stereocenters. The minimum atomic E-state index is -0.808. The molecule has 0 N–H and O–H groups in total. The molecule has 0 saturated heterocycles. The molecule has 98 valence electrons. The highest BCUT2D eigenvalue weighted by molar-refractivity contribution is 9.10. The lowest BCUT2D eigenvalue weighted by molar-refractivity contribution is -0.385. The molecular weight excluding hydrogens is 342 g/mol.